The Bertz CT molecular complexity index is 919. The smallest absolute Gasteiger partial charge is 0.248 e. The van der Waals surface area contributed by atoms with Gasteiger partial charge in [-0.1, -0.05) is 18.2 Å². The van der Waals surface area contributed by atoms with Gasteiger partial charge in [0.25, 0.3) is 0 Å². The van der Waals surface area contributed by atoms with Crippen LogP contribution in [0, 0.1) is 11.7 Å². The molecule has 1 heterocycles. The molecule has 31 heavy (non-hydrogen) atoms. The van der Waals surface area contributed by atoms with E-state index >= 15 is 0 Å². The van der Waals surface area contributed by atoms with Crippen LogP contribution in [0.5, 0.6) is 11.5 Å². The van der Waals surface area contributed by atoms with Crippen LogP contribution >= 0.6 is 0 Å². The van der Waals surface area contributed by atoms with Crippen LogP contribution in [0.1, 0.15) is 17.0 Å². The lowest BCUT2D eigenvalue weighted by Gasteiger charge is -2.21. The summed E-state index contributed by atoms with van der Waals surface area (Å²) in [6, 6.07) is 11.4. The molecule has 0 bridgehead atoms. The van der Waals surface area contributed by atoms with Crippen molar-refractivity contribution in [2.45, 2.75) is 12.5 Å². The number of rotatable bonds is 8. The van der Waals surface area contributed by atoms with E-state index < -0.39 is 5.92 Å². The second-order valence-electron chi connectivity index (χ2n) is 7.40. The predicted molar refractivity (Wildman–Crippen MR) is 112 cm³/mol. The van der Waals surface area contributed by atoms with E-state index in [1.807, 2.05) is 12.1 Å². The largest absolute Gasteiger partial charge is 0.497 e. The minimum atomic E-state index is -0.469. The van der Waals surface area contributed by atoms with Crippen molar-refractivity contribution in [2.75, 3.05) is 41.0 Å². The lowest BCUT2D eigenvalue weighted by molar-refractivity contribution is -0.134. The molecule has 1 saturated heterocycles. The maximum Gasteiger partial charge on any atom is 0.248 e. The Labute approximate surface area is 181 Å². The molecule has 3 rings (SSSR count). The second-order valence-corrected chi connectivity index (χ2v) is 7.40. The zero-order chi connectivity index (χ0) is 22.4. The summed E-state index contributed by atoms with van der Waals surface area (Å²) in [6.45, 7) is 0.876. The average molecular weight is 430 g/mol. The van der Waals surface area contributed by atoms with Crippen molar-refractivity contribution in [3.05, 3.63) is 59.4 Å². The third-order valence-electron chi connectivity index (χ3n) is 5.50. The van der Waals surface area contributed by atoms with Gasteiger partial charge in [0.05, 0.1) is 20.1 Å². The third kappa shape index (κ3) is 5.32. The van der Waals surface area contributed by atoms with E-state index in [0.717, 1.165) is 11.1 Å². The van der Waals surface area contributed by atoms with Crippen LogP contribution < -0.4 is 14.8 Å². The van der Waals surface area contributed by atoms with Crippen molar-refractivity contribution >= 4 is 11.8 Å². The summed E-state index contributed by atoms with van der Waals surface area (Å²) < 4.78 is 28.9. The zero-order valence-corrected chi connectivity index (χ0v) is 17.9. The molecule has 1 fully saturated rings. The number of nitrogens with zero attached hydrogens (tertiary/aromatic N) is 1. The van der Waals surface area contributed by atoms with Crippen molar-refractivity contribution in [1.82, 2.24) is 10.2 Å². The molecule has 1 N–H and O–H groups in total. The number of nitrogens with one attached hydrogen (secondary N) is 1. The number of methoxy groups -OCH3 is 3. The van der Waals surface area contributed by atoms with Gasteiger partial charge in [0.1, 0.15) is 23.9 Å². The van der Waals surface area contributed by atoms with Crippen molar-refractivity contribution in [3.8, 4) is 11.5 Å². The molecule has 0 aliphatic carbocycles. The fraction of sp³-hybridized carbons (Fsp3) is 0.391. The summed E-state index contributed by atoms with van der Waals surface area (Å²) in [5.74, 6) is -0.165. The SMILES string of the molecule is COCC(=O)N1C[C@@H](C(=O)NCc2ccc(F)cc2)[C@H](c2ccc(OC)cc2OC)C1. The molecule has 0 aromatic heterocycles. The van der Waals surface area contributed by atoms with E-state index in [4.69, 9.17) is 14.2 Å². The van der Waals surface area contributed by atoms with E-state index in [1.54, 1.807) is 37.3 Å². The fourth-order valence-electron chi connectivity index (χ4n) is 3.85. The number of halogens is 1. The highest BCUT2D eigenvalue weighted by Crippen LogP contribution is 2.39. The molecule has 7 nitrogen and oxygen atoms in total. The summed E-state index contributed by atoms with van der Waals surface area (Å²) in [7, 11) is 4.59. The Hall–Kier alpha value is -3.13. The van der Waals surface area contributed by atoms with Crippen LogP contribution in [0.15, 0.2) is 42.5 Å². The van der Waals surface area contributed by atoms with Crippen LogP contribution in [-0.2, 0) is 20.9 Å². The number of carbonyl (C=O) groups is 2. The Morgan fingerprint density at radius 2 is 1.81 bits per heavy atom. The first-order chi connectivity index (χ1) is 15.0. The van der Waals surface area contributed by atoms with Crippen molar-refractivity contribution in [3.63, 3.8) is 0 Å². The maximum absolute atomic E-state index is 13.1. The van der Waals surface area contributed by atoms with Gasteiger partial charge in [-0.25, -0.2) is 4.39 Å². The van der Waals surface area contributed by atoms with E-state index in [9.17, 15) is 14.0 Å². The van der Waals surface area contributed by atoms with E-state index in [-0.39, 0.29) is 43.2 Å². The van der Waals surface area contributed by atoms with Crippen LogP contribution in [0.4, 0.5) is 4.39 Å². The molecule has 0 unspecified atom stereocenters. The van der Waals surface area contributed by atoms with Gasteiger partial charge in [-0.05, 0) is 23.8 Å². The number of hydrogen-bond donors (Lipinski definition) is 1. The topological polar surface area (TPSA) is 77.1 Å². The normalized spacial score (nSPS) is 18.0. The highest BCUT2D eigenvalue weighted by molar-refractivity contribution is 5.84. The number of ether oxygens (including phenoxy) is 3. The third-order valence-corrected chi connectivity index (χ3v) is 5.50. The summed E-state index contributed by atoms with van der Waals surface area (Å²) in [6.07, 6.45) is 0. The highest BCUT2D eigenvalue weighted by Gasteiger charge is 2.41. The van der Waals surface area contributed by atoms with Gasteiger partial charge >= 0.3 is 0 Å². The number of benzene rings is 2. The molecule has 2 atom stereocenters. The molecule has 0 spiro atoms. The number of carbonyl (C=O) groups excluding carboxylic acids is 2. The van der Waals surface area contributed by atoms with Crippen LogP contribution in [0.25, 0.3) is 0 Å². The van der Waals surface area contributed by atoms with Crippen LogP contribution in [0.3, 0.4) is 0 Å². The van der Waals surface area contributed by atoms with E-state index in [0.29, 0.717) is 18.0 Å². The van der Waals surface area contributed by atoms with E-state index in [2.05, 4.69) is 5.32 Å². The molecular formula is C23H27FN2O5. The van der Waals surface area contributed by atoms with Crippen molar-refractivity contribution < 1.29 is 28.2 Å². The average Bonchev–Trinajstić information content (AvgIpc) is 3.23. The monoisotopic (exact) mass is 430 g/mol. The van der Waals surface area contributed by atoms with Gasteiger partial charge in [0.15, 0.2) is 0 Å². The maximum atomic E-state index is 13.1. The summed E-state index contributed by atoms with van der Waals surface area (Å²) in [5, 5.41) is 2.92. The van der Waals surface area contributed by atoms with Gasteiger partial charge in [0.2, 0.25) is 11.8 Å². The molecule has 1 aliphatic heterocycles. The lowest BCUT2D eigenvalue weighted by Crippen LogP contribution is -2.36. The molecule has 2 aromatic rings. The van der Waals surface area contributed by atoms with Gasteiger partial charge < -0.3 is 24.4 Å². The Kier molecular flexibility index (Phi) is 7.46. The van der Waals surface area contributed by atoms with Crippen LogP contribution in [-0.4, -0.2) is 57.7 Å². The molecule has 166 valence electrons. The van der Waals surface area contributed by atoms with Gasteiger partial charge in [-0.2, -0.15) is 0 Å². The first-order valence-electron chi connectivity index (χ1n) is 9.97. The summed E-state index contributed by atoms with van der Waals surface area (Å²) in [4.78, 5) is 27.2. The number of likely N-dealkylation sites (tertiary alicyclic amines) is 1. The van der Waals surface area contributed by atoms with Crippen molar-refractivity contribution in [2.24, 2.45) is 5.92 Å². The molecule has 8 heteroatoms. The Balaban J connectivity index is 1.82. The zero-order valence-electron chi connectivity index (χ0n) is 17.9. The van der Waals surface area contributed by atoms with E-state index in [1.165, 1.54) is 19.2 Å². The molecule has 2 aromatic carbocycles. The lowest BCUT2D eigenvalue weighted by atomic mass is 9.87. The first-order valence-corrected chi connectivity index (χ1v) is 9.97. The molecule has 0 radical (unpaired) electrons. The standard InChI is InChI=1S/C23H27FN2O5/c1-29-14-22(27)26-12-19(18-9-8-17(30-2)10-21(18)31-3)20(13-26)23(28)25-11-15-4-6-16(24)7-5-15/h4-10,19-20H,11-14H2,1-3H3,(H,25,28)/t19-,20+/m0/s1. The Morgan fingerprint density at radius 3 is 2.45 bits per heavy atom. The molecule has 1 aliphatic rings. The predicted octanol–water partition coefficient (Wildman–Crippen LogP) is 2.35. The summed E-state index contributed by atoms with van der Waals surface area (Å²) >= 11 is 0. The highest BCUT2D eigenvalue weighted by atomic mass is 19.1. The fourth-order valence-corrected chi connectivity index (χ4v) is 3.85. The minimum absolute atomic E-state index is 0.0453. The van der Waals surface area contributed by atoms with Gasteiger partial charge in [-0.15, -0.1) is 0 Å². The quantitative estimate of drug-likeness (QED) is 0.696. The molecule has 2 amide bonds. The number of amides is 2. The van der Waals surface area contributed by atoms with Gasteiger partial charge in [0, 0.05) is 44.3 Å². The second kappa shape index (κ2) is 10.3. The summed E-state index contributed by atoms with van der Waals surface area (Å²) in [5.41, 5.74) is 1.62. The minimum Gasteiger partial charge on any atom is -0.497 e. The first kappa shape index (κ1) is 22.6. The number of hydrogen-bond acceptors (Lipinski definition) is 5. The van der Waals surface area contributed by atoms with Crippen LogP contribution in [0.2, 0.25) is 0 Å². The van der Waals surface area contributed by atoms with Crippen molar-refractivity contribution in [1.29, 1.82) is 0 Å². The molecule has 0 saturated carbocycles. The Morgan fingerprint density at radius 1 is 1.06 bits per heavy atom. The molecular weight excluding hydrogens is 403 g/mol. The van der Waals surface area contributed by atoms with Gasteiger partial charge in [-0.3, -0.25) is 9.59 Å².